The van der Waals surface area contributed by atoms with Crippen LogP contribution in [0.1, 0.15) is 41.6 Å². The fourth-order valence-corrected chi connectivity index (χ4v) is 4.66. The smallest absolute Gasteiger partial charge is 0.257 e. The van der Waals surface area contributed by atoms with Crippen LogP contribution in [-0.2, 0) is 11.2 Å². The molecule has 2 saturated heterocycles. The Bertz CT molecular complexity index is 918. The van der Waals surface area contributed by atoms with Crippen molar-refractivity contribution in [2.75, 3.05) is 19.6 Å². The molecule has 29 heavy (non-hydrogen) atoms. The summed E-state index contributed by atoms with van der Waals surface area (Å²) in [5.41, 5.74) is -0.0910. The molecule has 2 aromatic rings. The number of amides is 2. The lowest BCUT2D eigenvalue weighted by Crippen LogP contribution is -2.61. The number of halogens is 2. The van der Waals surface area contributed by atoms with E-state index in [0.717, 1.165) is 24.5 Å². The lowest BCUT2D eigenvalue weighted by atomic mass is 9.84. The van der Waals surface area contributed by atoms with Gasteiger partial charge in [-0.2, -0.15) is 0 Å². The SMILES string of the molecule is O=C(c1cccc(F)c1F)N1CCCC12CCCN(CCc1ccccc1)C2=O. The van der Waals surface area contributed by atoms with E-state index in [0.29, 0.717) is 38.9 Å². The zero-order chi connectivity index (χ0) is 20.4. The number of hydrogen-bond acceptors (Lipinski definition) is 2. The third-order valence-corrected chi connectivity index (χ3v) is 6.13. The quantitative estimate of drug-likeness (QED) is 0.786. The molecular weight excluding hydrogens is 374 g/mol. The van der Waals surface area contributed by atoms with Crippen LogP contribution in [0.2, 0.25) is 0 Å². The third-order valence-electron chi connectivity index (χ3n) is 6.13. The van der Waals surface area contributed by atoms with Crippen LogP contribution in [0, 0.1) is 11.6 Å². The summed E-state index contributed by atoms with van der Waals surface area (Å²) in [6, 6.07) is 13.6. The molecule has 2 aromatic carbocycles. The predicted octanol–water partition coefficient (Wildman–Crippen LogP) is 3.80. The highest BCUT2D eigenvalue weighted by Gasteiger charge is 2.53. The van der Waals surface area contributed by atoms with Crippen LogP contribution in [0.15, 0.2) is 48.5 Å². The van der Waals surface area contributed by atoms with Crippen molar-refractivity contribution in [1.29, 1.82) is 0 Å². The van der Waals surface area contributed by atoms with Crippen molar-refractivity contribution < 1.29 is 18.4 Å². The molecule has 6 heteroatoms. The van der Waals surface area contributed by atoms with Gasteiger partial charge in [-0.3, -0.25) is 9.59 Å². The van der Waals surface area contributed by atoms with Gasteiger partial charge in [0.1, 0.15) is 5.54 Å². The first-order chi connectivity index (χ1) is 14.0. The molecule has 0 saturated carbocycles. The van der Waals surface area contributed by atoms with Crippen molar-refractivity contribution in [2.45, 2.75) is 37.6 Å². The Morgan fingerprint density at radius 2 is 1.69 bits per heavy atom. The van der Waals surface area contributed by atoms with Crippen LogP contribution in [0.3, 0.4) is 0 Å². The van der Waals surface area contributed by atoms with Crippen LogP contribution < -0.4 is 0 Å². The number of rotatable bonds is 4. The van der Waals surface area contributed by atoms with Crippen molar-refractivity contribution in [1.82, 2.24) is 9.80 Å². The Labute approximate surface area is 169 Å². The number of carbonyl (C=O) groups excluding carboxylic acids is 2. The highest BCUT2D eigenvalue weighted by atomic mass is 19.2. The summed E-state index contributed by atoms with van der Waals surface area (Å²) in [5, 5.41) is 0. The second-order valence-corrected chi connectivity index (χ2v) is 7.82. The van der Waals surface area contributed by atoms with E-state index >= 15 is 0 Å². The minimum Gasteiger partial charge on any atom is -0.340 e. The maximum Gasteiger partial charge on any atom is 0.257 e. The summed E-state index contributed by atoms with van der Waals surface area (Å²) in [5.74, 6) is -2.87. The first-order valence-corrected chi connectivity index (χ1v) is 10.1. The highest BCUT2D eigenvalue weighted by Crippen LogP contribution is 2.39. The zero-order valence-corrected chi connectivity index (χ0v) is 16.2. The van der Waals surface area contributed by atoms with Crippen LogP contribution in [-0.4, -0.2) is 46.8 Å². The van der Waals surface area contributed by atoms with Gasteiger partial charge in [-0.1, -0.05) is 36.4 Å². The predicted molar refractivity (Wildman–Crippen MR) is 105 cm³/mol. The average Bonchev–Trinajstić information content (AvgIpc) is 3.16. The molecule has 152 valence electrons. The van der Waals surface area contributed by atoms with Gasteiger partial charge < -0.3 is 9.80 Å². The molecule has 0 bridgehead atoms. The van der Waals surface area contributed by atoms with Gasteiger partial charge in [0, 0.05) is 19.6 Å². The molecule has 1 unspecified atom stereocenters. The molecule has 2 heterocycles. The molecule has 1 atom stereocenters. The number of likely N-dealkylation sites (tertiary alicyclic amines) is 2. The molecule has 0 N–H and O–H groups in total. The van der Waals surface area contributed by atoms with Crippen LogP contribution in [0.5, 0.6) is 0 Å². The molecule has 2 fully saturated rings. The van der Waals surface area contributed by atoms with Gasteiger partial charge >= 0.3 is 0 Å². The maximum atomic E-state index is 14.2. The Hall–Kier alpha value is -2.76. The summed E-state index contributed by atoms with van der Waals surface area (Å²) in [4.78, 5) is 29.8. The lowest BCUT2D eigenvalue weighted by Gasteiger charge is -2.44. The summed E-state index contributed by atoms with van der Waals surface area (Å²) in [6.07, 6.45) is 3.35. The van der Waals surface area contributed by atoms with Crippen molar-refractivity contribution >= 4 is 11.8 Å². The summed E-state index contributed by atoms with van der Waals surface area (Å²) < 4.78 is 27.9. The fourth-order valence-electron chi connectivity index (χ4n) is 4.66. The Morgan fingerprint density at radius 1 is 0.966 bits per heavy atom. The van der Waals surface area contributed by atoms with Crippen molar-refractivity contribution in [2.24, 2.45) is 0 Å². The van der Waals surface area contributed by atoms with E-state index in [1.807, 2.05) is 35.2 Å². The van der Waals surface area contributed by atoms with Crippen LogP contribution >= 0.6 is 0 Å². The van der Waals surface area contributed by atoms with E-state index in [4.69, 9.17) is 0 Å². The van der Waals surface area contributed by atoms with Gasteiger partial charge in [-0.25, -0.2) is 8.78 Å². The summed E-state index contributed by atoms with van der Waals surface area (Å²) in [7, 11) is 0. The van der Waals surface area contributed by atoms with Crippen LogP contribution in [0.25, 0.3) is 0 Å². The van der Waals surface area contributed by atoms with Gasteiger partial charge in [0.15, 0.2) is 11.6 Å². The number of piperidine rings is 1. The maximum absolute atomic E-state index is 14.2. The summed E-state index contributed by atoms with van der Waals surface area (Å²) in [6.45, 7) is 1.62. The molecule has 2 aliphatic rings. The minimum absolute atomic E-state index is 0.0673. The minimum atomic E-state index is -1.15. The van der Waals surface area contributed by atoms with Gasteiger partial charge in [-0.15, -0.1) is 0 Å². The van der Waals surface area contributed by atoms with Crippen molar-refractivity contribution in [3.05, 3.63) is 71.3 Å². The van der Waals surface area contributed by atoms with Crippen molar-refractivity contribution in [3.8, 4) is 0 Å². The average molecular weight is 398 g/mol. The van der Waals surface area contributed by atoms with Gasteiger partial charge in [0.25, 0.3) is 5.91 Å². The number of carbonyl (C=O) groups is 2. The van der Waals surface area contributed by atoms with E-state index in [2.05, 4.69) is 0 Å². The van der Waals surface area contributed by atoms with E-state index in [9.17, 15) is 18.4 Å². The Kier molecular flexibility index (Phi) is 5.35. The normalized spacial score (nSPS) is 21.8. The van der Waals surface area contributed by atoms with E-state index in [1.165, 1.54) is 17.0 Å². The topological polar surface area (TPSA) is 40.6 Å². The molecule has 4 nitrogen and oxygen atoms in total. The second-order valence-electron chi connectivity index (χ2n) is 7.82. The van der Waals surface area contributed by atoms with Crippen LogP contribution in [0.4, 0.5) is 8.78 Å². The van der Waals surface area contributed by atoms with Crippen molar-refractivity contribution in [3.63, 3.8) is 0 Å². The van der Waals surface area contributed by atoms with Gasteiger partial charge in [-0.05, 0) is 49.8 Å². The molecule has 0 aliphatic carbocycles. The standard InChI is InChI=1S/C23H24F2N2O2/c24-19-10-4-9-18(20(19)25)21(28)27-15-6-13-23(27)12-5-14-26(22(23)29)16-11-17-7-2-1-3-8-17/h1-4,7-10H,5-6,11-16H2. The first-order valence-electron chi connectivity index (χ1n) is 10.1. The molecule has 1 spiro atoms. The van der Waals surface area contributed by atoms with E-state index < -0.39 is 23.1 Å². The first kappa shape index (κ1) is 19.6. The summed E-state index contributed by atoms with van der Waals surface area (Å²) >= 11 is 0. The fraction of sp³-hybridized carbons (Fsp3) is 0.391. The molecular formula is C23H24F2N2O2. The third kappa shape index (κ3) is 3.52. The molecule has 4 rings (SSSR count). The number of benzene rings is 2. The monoisotopic (exact) mass is 398 g/mol. The molecule has 0 radical (unpaired) electrons. The molecule has 0 aromatic heterocycles. The van der Waals surface area contributed by atoms with Gasteiger partial charge in [0.05, 0.1) is 5.56 Å². The van der Waals surface area contributed by atoms with E-state index in [1.54, 1.807) is 0 Å². The Morgan fingerprint density at radius 3 is 2.45 bits per heavy atom. The van der Waals surface area contributed by atoms with E-state index in [-0.39, 0.29) is 11.5 Å². The lowest BCUT2D eigenvalue weighted by molar-refractivity contribution is -0.145. The second kappa shape index (κ2) is 7.93. The largest absolute Gasteiger partial charge is 0.340 e. The Balaban J connectivity index is 1.55. The molecule has 2 aliphatic heterocycles. The number of hydrogen-bond donors (Lipinski definition) is 0. The molecule has 2 amide bonds. The van der Waals surface area contributed by atoms with Gasteiger partial charge in [0.2, 0.25) is 5.91 Å². The zero-order valence-electron chi connectivity index (χ0n) is 16.2. The number of nitrogens with zero attached hydrogens (tertiary/aromatic N) is 2. The highest BCUT2D eigenvalue weighted by molar-refractivity contribution is 6.00.